The third-order valence-corrected chi connectivity index (χ3v) is 4.10. The lowest BCUT2D eigenvalue weighted by molar-refractivity contribution is 0.102. The van der Waals surface area contributed by atoms with E-state index in [1.165, 1.54) is 0 Å². The molecule has 0 aliphatic carbocycles. The van der Waals surface area contributed by atoms with Gasteiger partial charge in [0, 0.05) is 10.0 Å². The van der Waals surface area contributed by atoms with Crippen molar-refractivity contribution in [2.75, 3.05) is 11.9 Å². The number of aryl methyl sites for hydroxylation is 1. The first-order valence-electron chi connectivity index (χ1n) is 6.51. The van der Waals surface area contributed by atoms with E-state index < -0.39 is 0 Å². The highest BCUT2D eigenvalue weighted by molar-refractivity contribution is 9.10. The first-order valence-corrected chi connectivity index (χ1v) is 7.68. The average molecular weight is 369 g/mol. The first-order chi connectivity index (χ1) is 10.0. The van der Waals surface area contributed by atoms with Crippen molar-refractivity contribution in [3.63, 3.8) is 0 Å². The highest BCUT2D eigenvalue weighted by Gasteiger charge is 2.11. The molecular formula is C16H15BrClNO2. The average Bonchev–Trinajstić information content (AvgIpc) is 2.45. The molecule has 0 unspecified atom stereocenters. The molecular weight excluding hydrogens is 354 g/mol. The fraction of sp³-hybridized carbons (Fsp3) is 0.188. The largest absolute Gasteiger partial charge is 0.492 e. The molecule has 2 aromatic rings. The molecule has 5 heteroatoms. The van der Waals surface area contributed by atoms with Crippen LogP contribution in [-0.2, 0) is 0 Å². The van der Waals surface area contributed by atoms with Gasteiger partial charge in [0.25, 0.3) is 5.91 Å². The number of rotatable bonds is 4. The zero-order valence-corrected chi connectivity index (χ0v) is 14.1. The molecule has 0 aliphatic heterocycles. The Morgan fingerprint density at radius 2 is 2.05 bits per heavy atom. The van der Waals surface area contributed by atoms with Gasteiger partial charge in [0.1, 0.15) is 5.75 Å². The second-order valence-corrected chi connectivity index (χ2v) is 5.78. The Morgan fingerprint density at radius 3 is 2.71 bits per heavy atom. The maximum atomic E-state index is 12.3. The molecule has 3 nitrogen and oxygen atoms in total. The van der Waals surface area contributed by atoms with Crippen LogP contribution in [0, 0.1) is 6.92 Å². The van der Waals surface area contributed by atoms with E-state index in [2.05, 4.69) is 21.2 Å². The van der Waals surface area contributed by atoms with Crippen molar-refractivity contribution >= 4 is 39.1 Å². The molecule has 0 saturated carbocycles. The van der Waals surface area contributed by atoms with Gasteiger partial charge in [-0.1, -0.05) is 17.7 Å². The van der Waals surface area contributed by atoms with Crippen molar-refractivity contribution < 1.29 is 9.53 Å². The molecule has 1 N–H and O–H groups in total. The molecule has 0 saturated heterocycles. The number of carbonyl (C=O) groups excluding carboxylic acids is 1. The molecule has 2 aromatic carbocycles. The van der Waals surface area contributed by atoms with E-state index >= 15 is 0 Å². The number of benzene rings is 2. The van der Waals surface area contributed by atoms with E-state index in [-0.39, 0.29) is 5.91 Å². The van der Waals surface area contributed by atoms with E-state index in [0.29, 0.717) is 28.6 Å². The number of anilines is 1. The topological polar surface area (TPSA) is 38.3 Å². The Hall–Kier alpha value is -1.52. The van der Waals surface area contributed by atoms with Gasteiger partial charge in [-0.25, -0.2) is 0 Å². The second kappa shape index (κ2) is 6.96. The lowest BCUT2D eigenvalue weighted by Gasteiger charge is -2.12. The highest BCUT2D eigenvalue weighted by Crippen LogP contribution is 2.27. The van der Waals surface area contributed by atoms with E-state index in [9.17, 15) is 4.79 Å². The van der Waals surface area contributed by atoms with Crippen molar-refractivity contribution in [2.24, 2.45) is 0 Å². The molecule has 0 fully saturated rings. The maximum Gasteiger partial charge on any atom is 0.255 e. The Labute approximate surface area is 137 Å². The summed E-state index contributed by atoms with van der Waals surface area (Å²) in [4.78, 5) is 12.3. The number of nitrogens with one attached hydrogen (secondary N) is 1. The molecule has 2 rings (SSSR count). The minimum absolute atomic E-state index is 0.228. The van der Waals surface area contributed by atoms with Crippen molar-refractivity contribution in [3.8, 4) is 5.75 Å². The zero-order chi connectivity index (χ0) is 15.4. The third kappa shape index (κ3) is 3.99. The summed E-state index contributed by atoms with van der Waals surface area (Å²) >= 11 is 9.31. The quantitative estimate of drug-likeness (QED) is 0.819. The Balaban J connectivity index is 2.24. The van der Waals surface area contributed by atoms with Gasteiger partial charge < -0.3 is 10.1 Å². The second-order valence-electron chi connectivity index (χ2n) is 4.52. The van der Waals surface area contributed by atoms with Gasteiger partial charge in [0.2, 0.25) is 0 Å². The summed E-state index contributed by atoms with van der Waals surface area (Å²) in [6, 6.07) is 10.7. The van der Waals surface area contributed by atoms with Gasteiger partial charge >= 0.3 is 0 Å². The van der Waals surface area contributed by atoms with Gasteiger partial charge in [0.15, 0.2) is 0 Å². The van der Waals surface area contributed by atoms with Crippen LogP contribution in [0.3, 0.4) is 0 Å². The molecule has 110 valence electrons. The van der Waals surface area contributed by atoms with Gasteiger partial charge in [-0.05, 0) is 65.7 Å². The number of halogens is 2. The van der Waals surface area contributed by atoms with Crippen LogP contribution >= 0.6 is 27.5 Å². The van der Waals surface area contributed by atoms with Crippen LogP contribution in [-0.4, -0.2) is 12.5 Å². The van der Waals surface area contributed by atoms with Gasteiger partial charge in [-0.3, -0.25) is 4.79 Å². The summed E-state index contributed by atoms with van der Waals surface area (Å²) in [6.07, 6.45) is 0. The van der Waals surface area contributed by atoms with E-state index in [1.54, 1.807) is 18.2 Å². The minimum Gasteiger partial charge on any atom is -0.492 e. The molecule has 0 aliphatic rings. The summed E-state index contributed by atoms with van der Waals surface area (Å²) < 4.78 is 6.30. The van der Waals surface area contributed by atoms with Crippen LogP contribution in [0.25, 0.3) is 0 Å². The number of hydrogen-bond acceptors (Lipinski definition) is 2. The van der Waals surface area contributed by atoms with Crippen molar-refractivity contribution in [2.45, 2.75) is 13.8 Å². The monoisotopic (exact) mass is 367 g/mol. The van der Waals surface area contributed by atoms with E-state index in [1.807, 2.05) is 32.0 Å². The summed E-state index contributed by atoms with van der Waals surface area (Å²) in [5, 5.41) is 3.34. The Bertz CT molecular complexity index is 673. The fourth-order valence-corrected chi connectivity index (χ4v) is 2.27. The Kier molecular flexibility index (Phi) is 5.26. The molecule has 0 aromatic heterocycles. The van der Waals surface area contributed by atoms with Crippen molar-refractivity contribution in [1.29, 1.82) is 0 Å². The van der Waals surface area contributed by atoms with Gasteiger partial charge in [0.05, 0.1) is 17.3 Å². The minimum atomic E-state index is -0.228. The van der Waals surface area contributed by atoms with Crippen molar-refractivity contribution in [3.05, 3.63) is 57.0 Å². The molecule has 0 heterocycles. The lowest BCUT2D eigenvalue weighted by atomic mass is 10.2. The SMILES string of the molecule is CCOc1cc(C)ccc1NC(=O)c1ccc(Br)c(Cl)c1. The van der Waals surface area contributed by atoms with Crippen LogP contribution < -0.4 is 10.1 Å². The molecule has 0 spiro atoms. The van der Waals surface area contributed by atoms with Crippen LogP contribution in [0.5, 0.6) is 5.75 Å². The molecule has 21 heavy (non-hydrogen) atoms. The fourth-order valence-electron chi connectivity index (χ4n) is 1.84. The van der Waals surface area contributed by atoms with Crippen LogP contribution in [0.2, 0.25) is 5.02 Å². The van der Waals surface area contributed by atoms with Crippen LogP contribution in [0.4, 0.5) is 5.69 Å². The normalized spacial score (nSPS) is 10.3. The van der Waals surface area contributed by atoms with Gasteiger partial charge in [-0.15, -0.1) is 0 Å². The first kappa shape index (κ1) is 15.9. The number of ether oxygens (including phenoxy) is 1. The van der Waals surface area contributed by atoms with Crippen molar-refractivity contribution in [1.82, 2.24) is 0 Å². The Morgan fingerprint density at radius 1 is 1.29 bits per heavy atom. The summed E-state index contributed by atoms with van der Waals surface area (Å²) in [7, 11) is 0. The predicted molar refractivity (Wildman–Crippen MR) is 89.5 cm³/mol. The lowest BCUT2D eigenvalue weighted by Crippen LogP contribution is -2.13. The molecule has 1 amide bonds. The summed E-state index contributed by atoms with van der Waals surface area (Å²) in [6.45, 7) is 4.42. The van der Waals surface area contributed by atoms with E-state index in [0.717, 1.165) is 10.0 Å². The smallest absolute Gasteiger partial charge is 0.255 e. The highest BCUT2D eigenvalue weighted by atomic mass is 79.9. The summed E-state index contributed by atoms with van der Waals surface area (Å²) in [5.74, 6) is 0.434. The van der Waals surface area contributed by atoms with E-state index in [4.69, 9.17) is 16.3 Å². The van der Waals surface area contributed by atoms with Crippen LogP contribution in [0.1, 0.15) is 22.8 Å². The maximum absolute atomic E-state index is 12.3. The number of carbonyl (C=O) groups is 1. The number of hydrogen-bond donors (Lipinski definition) is 1. The molecule has 0 atom stereocenters. The molecule has 0 radical (unpaired) electrons. The van der Waals surface area contributed by atoms with Crippen LogP contribution in [0.15, 0.2) is 40.9 Å². The standard InChI is InChI=1S/C16H15BrClNO2/c1-3-21-15-8-10(2)4-7-14(15)19-16(20)11-5-6-12(17)13(18)9-11/h4-9H,3H2,1-2H3,(H,19,20). The van der Waals surface area contributed by atoms with Gasteiger partial charge in [-0.2, -0.15) is 0 Å². The zero-order valence-electron chi connectivity index (χ0n) is 11.7. The number of amides is 1. The third-order valence-electron chi connectivity index (χ3n) is 2.87. The summed E-state index contributed by atoms with van der Waals surface area (Å²) in [5.41, 5.74) is 2.21. The predicted octanol–water partition coefficient (Wildman–Crippen LogP) is 5.06. The molecule has 0 bridgehead atoms.